The molecule has 0 spiro atoms. The van der Waals surface area contributed by atoms with Crippen LogP contribution in [0, 0.1) is 0 Å². The predicted molar refractivity (Wildman–Crippen MR) is 140 cm³/mol. The standard InChI is InChI=1S/C25H20F3IN6O/c1-34(16-5-3-15(13-29)4-6-16)24-32-19-11-17(7-8-21(19)35(24)2)36-18-9-10-30-20(12-18)23-31-14-22(33-23)25(26,27)28/h3-12,14H,13H2,1-2H3,(H,31,33). The van der Waals surface area contributed by atoms with Gasteiger partial charge in [-0.3, -0.25) is 4.98 Å². The fourth-order valence-corrected chi connectivity index (χ4v) is 4.30. The summed E-state index contributed by atoms with van der Waals surface area (Å²) in [6.07, 6.45) is -2.31. The van der Waals surface area contributed by atoms with Crippen molar-refractivity contribution in [2.45, 2.75) is 10.6 Å². The average Bonchev–Trinajstić information content (AvgIpc) is 3.49. The van der Waals surface area contributed by atoms with Crippen molar-refractivity contribution in [1.82, 2.24) is 24.5 Å². The molecule has 0 bridgehead atoms. The summed E-state index contributed by atoms with van der Waals surface area (Å²) >= 11 is 2.34. The maximum absolute atomic E-state index is 12.9. The van der Waals surface area contributed by atoms with E-state index in [-0.39, 0.29) is 11.5 Å². The third-order valence-corrected chi connectivity index (χ3v) is 6.58. The molecule has 0 amide bonds. The van der Waals surface area contributed by atoms with Crippen molar-refractivity contribution in [3.63, 3.8) is 0 Å². The highest BCUT2D eigenvalue weighted by Crippen LogP contribution is 2.32. The van der Waals surface area contributed by atoms with Gasteiger partial charge in [0.25, 0.3) is 0 Å². The Hall–Kier alpha value is -3.61. The number of hydrogen-bond donors (Lipinski definition) is 1. The molecule has 3 heterocycles. The second-order valence-electron chi connectivity index (χ2n) is 8.10. The highest BCUT2D eigenvalue weighted by molar-refractivity contribution is 14.1. The molecule has 2 aromatic carbocycles. The normalized spacial score (nSPS) is 11.7. The summed E-state index contributed by atoms with van der Waals surface area (Å²) < 4.78 is 47.6. The van der Waals surface area contributed by atoms with Crippen LogP contribution in [0.2, 0.25) is 0 Å². The molecule has 0 saturated carbocycles. The second-order valence-corrected chi connectivity index (χ2v) is 8.87. The van der Waals surface area contributed by atoms with Crippen LogP contribution in [0.25, 0.3) is 22.6 Å². The molecule has 3 aromatic heterocycles. The summed E-state index contributed by atoms with van der Waals surface area (Å²) in [5, 5.41) is 0. The lowest BCUT2D eigenvalue weighted by atomic mass is 10.2. The van der Waals surface area contributed by atoms with Crippen molar-refractivity contribution in [3.05, 3.63) is 78.2 Å². The number of hydrogen-bond acceptors (Lipinski definition) is 5. The number of imidazole rings is 2. The summed E-state index contributed by atoms with van der Waals surface area (Å²) in [7, 11) is 3.92. The van der Waals surface area contributed by atoms with E-state index in [4.69, 9.17) is 9.72 Å². The monoisotopic (exact) mass is 604 g/mol. The molecule has 7 nitrogen and oxygen atoms in total. The van der Waals surface area contributed by atoms with Gasteiger partial charge in [-0.15, -0.1) is 0 Å². The average molecular weight is 604 g/mol. The van der Waals surface area contributed by atoms with Gasteiger partial charge >= 0.3 is 6.18 Å². The van der Waals surface area contributed by atoms with Crippen LogP contribution in [-0.4, -0.2) is 31.6 Å². The SMILES string of the molecule is CN(c1ccc(CI)cc1)c1nc2cc(Oc3ccnc(-c4ncc(C(F)(F)F)[nH]4)c3)ccc2n1C. The molecule has 0 fully saturated rings. The molecule has 0 saturated heterocycles. The molecule has 0 radical (unpaired) electrons. The van der Waals surface area contributed by atoms with Gasteiger partial charge in [0.1, 0.15) is 22.9 Å². The molecule has 5 aromatic rings. The van der Waals surface area contributed by atoms with Crippen LogP contribution in [0.4, 0.5) is 24.8 Å². The molecule has 184 valence electrons. The molecule has 36 heavy (non-hydrogen) atoms. The largest absolute Gasteiger partial charge is 0.457 e. The number of anilines is 2. The molecule has 0 aliphatic rings. The van der Waals surface area contributed by atoms with E-state index in [9.17, 15) is 13.2 Å². The Morgan fingerprint density at radius 2 is 1.78 bits per heavy atom. The first-order valence-corrected chi connectivity index (χ1v) is 12.4. The van der Waals surface area contributed by atoms with Crippen molar-refractivity contribution < 1.29 is 17.9 Å². The third kappa shape index (κ3) is 4.74. The number of nitrogens with zero attached hydrogens (tertiary/aromatic N) is 5. The first-order valence-electron chi connectivity index (χ1n) is 10.8. The second kappa shape index (κ2) is 9.45. The van der Waals surface area contributed by atoms with Crippen molar-refractivity contribution in [2.75, 3.05) is 11.9 Å². The maximum atomic E-state index is 12.9. The van der Waals surface area contributed by atoms with Crippen molar-refractivity contribution >= 4 is 45.3 Å². The van der Waals surface area contributed by atoms with E-state index in [1.54, 1.807) is 6.07 Å². The van der Waals surface area contributed by atoms with E-state index in [2.05, 4.69) is 61.8 Å². The fourth-order valence-electron chi connectivity index (χ4n) is 3.79. The molecule has 0 unspecified atom stereocenters. The van der Waals surface area contributed by atoms with E-state index < -0.39 is 11.9 Å². The molecule has 5 rings (SSSR count). The molecule has 11 heteroatoms. The zero-order valence-corrected chi connectivity index (χ0v) is 21.4. The molecule has 1 N–H and O–H groups in total. The van der Waals surface area contributed by atoms with Crippen molar-refractivity contribution in [3.8, 4) is 23.0 Å². The number of aromatic amines is 1. The van der Waals surface area contributed by atoms with E-state index in [0.717, 1.165) is 33.3 Å². The Morgan fingerprint density at radius 1 is 1.03 bits per heavy atom. The van der Waals surface area contributed by atoms with Crippen LogP contribution in [0.1, 0.15) is 11.3 Å². The highest BCUT2D eigenvalue weighted by atomic mass is 127. The number of ether oxygens (including phenoxy) is 1. The van der Waals surface area contributed by atoms with Crippen molar-refractivity contribution in [2.24, 2.45) is 7.05 Å². The number of nitrogens with one attached hydrogen (secondary N) is 1. The minimum absolute atomic E-state index is 0.00662. The number of fused-ring (bicyclic) bond motifs is 1. The van der Waals surface area contributed by atoms with Gasteiger partial charge in [0, 0.05) is 42.5 Å². The van der Waals surface area contributed by atoms with Gasteiger partial charge < -0.3 is 19.2 Å². The van der Waals surface area contributed by atoms with Crippen LogP contribution >= 0.6 is 22.6 Å². The van der Waals surface area contributed by atoms with Crippen LogP contribution < -0.4 is 9.64 Å². The van der Waals surface area contributed by atoms with Crippen LogP contribution in [0.5, 0.6) is 11.5 Å². The first-order chi connectivity index (χ1) is 17.2. The highest BCUT2D eigenvalue weighted by Gasteiger charge is 2.33. The Bertz CT molecular complexity index is 1530. The molecule has 0 aliphatic carbocycles. The van der Waals surface area contributed by atoms with E-state index in [1.165, 1.54) is 17.8 Å². The Kier molecular flexibility index (Phi) is 6.33. The Labute approximate surface area is 218 Å². The molecular weight excluding hydrogens is 584 g/mol. The minimum atomic E-state index is -4.51. The van der Waals surface area contributed by atoms with E-state index in [0.29, 0.717) is 11.5 Å². The first kappa shape index (κ1) is 24.1. The van der Waals surface area contributed by atoms with Gasteiger partial charge in [-0.2, -0.15) is 13.2 Å². The smallest absolute Gasteiger partial charge is 0.432 e. The van der Waals surface area contributed by atoms with Gasteiger partial charge in [0.2, 0.25) is 5.95 Å². The zero-order chi connectivity index (χ0) is 25.4. The summed E-state index contributed by atoms with van der Waals surface area (Å²) in [4.78, 5) is 17.0. The molecular formula is C25H20F3IN6O. The van der Waals surface area contributed by atoms with E-state index >= 15 is 0 Å². The van der Waals surface area contributed by atoms with Crippen LogP contribution in [0.15, 0.2) is 67.0 Å². The van der Waals surface area contributed by atoms with E-state index in [1.807, 2.05) is 41.8 Å². The van der Waals surface area contributed by atoms with Gasteiger partial charge in [-0.25, -0.2) is 9.97 Å². The molecule has 0 atom stereocenters. The minimum Gasteiger partial charge on any atom is -0.457 e. The predicted octanol–water partition coefficient (Wildman–Crippen LogP) is 6.87. The zero-order valence-electron chi connectivity index (χ0n) is 19.2. The summed E-state index contributed by atoms with van der Waals surface area (Å²) in [5.41, 5.74) is 3.25. The fraction of sp³-hybridized carbons (Fsp3) is 0.160. The number of aryl methyl sites for hydroxylation is 1. The quantitative estimate of drug-likeness (QED) is 0.169. The Balaban J connectivity index is 1.40. The van der Waals surface area contributed by atoms with Crippen LogP contribution in [0.3, 0.4) is 0 Å². The number of alkyl halides is 4. The van der Waals surface area contributed by atoms with Gasteiger partial charge in [0.05, 0.1) is 17.2 Å². The van der Waals surface area contributed by atoms with Crippen molar-refractivity contribution in [1.29, 1.82) is 0 Å². The third-order valence-electron chi connectivity index (χ3n) is 5.70. The van der Waals surface area contributed by atoms with Gasteiger partial charge in [-0.1, -0.05) is 34.7 Å². The number of aromatic nitrogens is 5. The summed E-state index contributed by atoms with van der Waals surface area (Å²) in [6, 6.07) is 17.0. The number of benzene rings is 2. The van der Waals surface area contributed by atoms with Gasteiger partial charge in [-0.05, 0) is 35.9 Å². The number of rotatable bonds is 6. The Morgan fingerprint density at radius 3 is 2.47 bits per heavy atom. The number of H-pyrrole nitrogens is 1. The lowest BCUT2D eigenvalue weighted by Crippen LogP contribution is -2.14. The molecule has 0 aliphatic heterocycles. The number of pyridine rings is 1. The lowest BCUT2D eigenvalue weighted by Gasteiger charge is -2.18. The number of halogens is 4. The summed E-state index contributed by atoms with van der Waals surface area (Å²) in [5.74, 6) is 1.72. The maximum Gasteiger partial charge on any atom is 0.432 e. The van der Waals surface area contributed by atoms with Crippen LogP contribution in [-0.2, 0) is 17.7 Å². The summed E-state index contributed by atoms with van der Waals surface area (Å²) in [6.45, 7) is 0. The topological polar surface area (TPSA) is 71.9 Å². The lowest BCUT2D eigenvalue weighted by molar-refractivity contribution is -0.140. The van der Waals surface area contributed by atoms with Gasteiger partial charge in [0.15, 0.2) is 5.82 Å².